The number of benzene rings is 1. The molecule has 1 fully saturated rings. The lowest BCUT2D eigenvalue weighted by molar-refractivity contribution is -0.385. The van der Waals surface area contributed by atoms with Crippen molar-refractivity contribution in [1.29, 1.82) is 5.26 Å². The number of aliphatic hydroxyl groups is 1. The lowest BCUT2D eigenvalue weighted by atomic mass is 9.64. The van der Waals surface area contributed by atoms with Crippen LogP contribution in [0, 0.1) is 21.4 Å². The van der Waals surface area contributed by atoms with Crippen molar-refractivity contribution in [2.45, 2.75) is 24.4 Å². The molecule has 0 bridgehead atoms. The predicted molar refractivity (Wildman–Crippen MR) is 55.6 cm³/mol. The molecule has 0 saturated heterocycles. The third-order valence-electron chi connectivity index (χ3n) is 2.99. The van der Waals surface area contributed by atoms with Crippen LogP contribution in [0.3, 0.4) is 0 Å². The first-order valence-corrected chi connectivity index (χ1v) is 4.92. The second-order valence-corrected chi connectivity index (χ2v) is 4.06. The number of nitriles is 1. The molecule has 1 aromatic rings. The van der Waals surface area contributed by atoms with Crippen LogP contribution >= 0.6 is 0 Å². The van der Waals surface area contributed by atoms with Crippen LogP contribution in [0.1, 0.15) is 18.4 Å². The van der Waals surface area contributed by atoms with Crippen LogP contribution in [0.25, 0.3) is 0 Å². The van der Waals surface area contributed by atoms with E-state index in [4.69, 9.17) is 5.26 Å². The average molecular weight is 218 g/mol. The summed E-state index contributed by atoms with van der Waals surface area (Å²) in [5, 5.41) is 29.0. The number of nitrogens with zero attached hydrogens (tertiary/aromatic N) is 2. The summed E-state index contributed by atoms with van der Waals surface area (Å²) in [4.78, 5) is 10.1. The zero-order valence-electron chi connectivity index (χ0n) is 8.46. The van der Waals surface area contributed by atoms with Crippen molar-refractivity contribution in [3.8, 4) is 6.07 Å². The molecule has 0 heterocycles. The average Bonchev–Trinajstić information content (AvgIpc) is 2.24. The molecule has 0 aliphatic heterocycles. The highest BCUT2D eigenvalue weighted by Gasteiger charge is 2.45. The van der Waals surface area contributed by atoms with Crippen molar-refractivity contribution in [3.63, 3.8) is 0 Å². The largest absolute Gasteiger partial charge is 0.393 e. The number of nitro groups is 1. The fraction of sp³-hybridized carbons (Fsp3) is 0.364. The minimum atomic E-state index is -0.745. The fourth-order valence-corrected chi connectivity index (χ4v) is 2.05. The second kappa shape index (κ2) is 3.58. The van der Waals surface area contributed by atoms with Crippen molar-refractivity contribution in [3.05, 3.63) is 39.9 Å². The van der Waals surface area contributed by atoms with E-state index in [0.717, 1.165) is 0 Å². The van der Waals surface area contributed by atoms with Gasteiger partial charge in [-0.25, -0.2) is 0 Å². The molecule has 0 aromatic heterocycles. The summed E-state index contributed by atoms with van der Waals surface area (Å²) in [5.41, 5.74) is -0.145. The molecule has 5 nitrogen and oxygen atoms in total. The lowest BCUT2D eigenvalue weighted by Crippen LogP contribution is -2.43. The van der Waals surface area contributed by atoms with Gasteiger partial charge in [0.05, 0.1) is 22.5 Å². The highest BCUT2D eigenvalue weighted by atomic mass is 16.6. The van der Waals surface area contributed by atoms with Gasteiger partial charge in [0.25, 0.3) is 5.69 Å². The van der Waals surface area contributed by atoms with Crippen LogP contribution in [0.5, 0.6) is 0 Å². The number of hydrogen-bond acceptors (Lipinski definition) is 4. The van der Waals surface area contributed by atoms with E-state index in [1.54, 1.807) is 12.1 Å². The second-order valence-electron chi connectivity index (χ2n) is 4.06. The summed E-state index contributed by atoms with van der Waals surface area (Å²) < 4.78 is 0. The highest BCUT2D eigenvalue weighted by Crippen LogP contribution is 2.43. The molecule has 82 valence electrons. The number of hydrogen-bond donors (Lipinski definition) is 1. The molecule has 0 atom stereocenters. The van der Waals surface area contributed by atoms with Crippen LogP contribution in [0.2, 0.25) is 0 Å². The minimum absolute atomic E-state index is 0.0199. The van der Waals surface area contributed by atoms with Crippen molar-refractivity contribution >= 4 is 5.69 Å². The Kier molecular flexibility index (Phi) is 2.37. The van der Waals surface area contributed by atoms with E-state index >= 15 is 0 Å². The first-order chi connectivity index (χ1) is 7.57. The van der Waals surface area contributed by atoms with Gasteiger partial charge in [-0.2, -0.15) is 5.26 Å². The van der Waals surface area contributed by atoms with Crippen molar-refractivity contribution in [1.82, 2.24) is 0 Å². The molecule has 16 heavy (non-hydrogen) atoms. The van der Waals surface area contributed by atoms with E-state index in [-0.39, 0.29) is 5.69 Å². The van der Waals surface area contributed by atoms with Crippen LogP contribution in [-0.4, -0.2) is 16.1 Å². The Balaban J connectivity index is 2.37. The Morgan fingerprint density at radius 3 is 2.75 bits per heavy atom. The summed E-state index contributed by atoms with van der Waals surface area (Å²) >= 11 is 0. The Bertz CT molecular complexity index is 472. The zero-order valence-corrected chi connectivity index (χ0v) is 8.46. The Labute approximate surface area is 92.1 Å². The standard InChI is InChI=1S/C11H10N2O3/c12-7-11(5-10(14)6-11)8-2-1-3-9(4-8)13(15)16/h1-4,10,14H,5-6H2. The van der Waals surface area contributed by atoms with Crippen molar-refractivity contribution in [2.24, 2.45) is 0 Å². The molecule has 1 aliphatic carbocycles. The van der Waals surface area contributed by atoms with E-state index in [1.807, 2.05) is 0 Å². The third-order valence-corrected chi connectivity index (χ3v) is 2.99. The number of rotatable bonds is 2. The van der Waals surface area contributed by atoms with Crippen LogP contribution in [-0.2, 0) is 5.41 Å². The molecule has 0 spiro atoms. The van der Waals surface area contributed by atoms with Crippen LogP contribution in [0.15, 0.2) is 24.3 Å². The third kappa shape index (κ3) is 1.53. The Morgan fingerprint density at radius 2 is 2.25 bits per heavy atom. The summed E-state index contributed by atoms with van der Waals surface area (Å²) in [7, 11) is 0. The van der Waals surface area contributed by atoms with E-state index in [9.17, 15) is 15.2 Å². The number of nitro benzene ring substituents is 1. The van der Waals surface area contributed by atoms with E-state index in [0.29, 0.717) is 18.4 Å². The van der Waals surface area contributed by atoms with Gasteiger partial charge in [0.1, 0.15) is 0 Å². The van der Waals surface area contributed by atoms with E-state index in [2.05, 4.69) is 6.07 Å². The maximum absolute atomic E-state index is 10.6. The first-order valence-electron chi connectivity index (χ1n) is 4.92. The van der Waals surface area contributed by atoms with Gasteiger partial charge >= 0.3 is 0 Å². The van der Waals surface area contributed by atoms with Gasteiger partial charge in [-0.3, -0.25) is 10.1 Å². The Morgan fingerprint density at radius 1 is 1.56 bits per heavy atom. The summed E-state index contributed by atoms with van der Waals surface area (Å²) in [6, 6.07) is 8.21. The lowest BCUT2D eigenvalue weighted by Gasteiger charge is -2.39. The molecular formula is C11H10N2O3. The molecular weight excluding hydrogens is 208 g/mol. The van der Waals surface area contributed by atoms with Gasteiger partial charge < -0.3 is 5.11 Å². The van der Waals surface area contributed by atoms with Crippen molar-refractivity contribution < 1.29 is 10.0 Å². The molecule has 2 rings (SSSR count). The minimum Gasteiger partial charge on any atom is -0.393 e. The smallest absolute Gasteiger partial charge is 0.269 e. The quantitative estimate of drug-likeness (QED) is 0.602. The zero-order chi connectivity index (χ0) is 11.8. The summed E-state index contributed by atoms with van der Waals surface area (Å²) in [6.45, 7) is 0. The van der Waals surface area contributed by atoms with E-state index in [1.165, 1.54) is 12.1 Å². The molecule has 0 unspecified atom stereocenters. The van der Waals surface area contributed by atoms with Crippen molar-refractivity contribution in [2.75, 3.05) is 0 Å². The SMILES string of the molecule is N#CC1(c2cccc([N+](=O)[O-])c2)CC(O)C1. The van der Waals surface area contributed by atoms with Gasteiger partial charge in [-0.15, -0.1) is 0 Å². The fourth-order valence-electron chi connectivity index (χ4n) is 2.05. The highest BCUT2D eigenvalue weighted by molar-refractivity contribution is 5.43. The first kappa shape index (κ1) is 10.6. The summed E-state index contributed by atoms with van der Waals surface area (Å²) in [6.07, 6.45) is 0.230. The van der Waals surface area contributed by atoms with Gasteiger partial charge in [0.15, 0.2) is 0 Å². The molecule has 1 saturated carbocycles. The normalized spacial score (nSPS) is 27.9. The number of aliphatic hydroxyl groups excluding tert-OH is 1. The van der Waals surface area contributed by atoms with Gasteiger partial charge in [-0.05, 0) is 18.4 Å². The van der Waals surface area contributed by atoms with E-state index < -0.39 is 16.4 Å². The summed E-state index contributed by atoms with van der Waals surface area (Å²) in [5.74, 6) is 0. The maximum Gasteiger partial charge on any atom is 0.269 e. The monoisotopic (exact) mass is 218 g/mol. The van der Waals surface area contributed by atoms with Crippen LogP contribution in [0.4, 0.5) is 5.69 Å². The van der Waals surface area contributed by atoms with Gasteiger partial charge in [0, 0.05) is 12.1 Å². The topological polar surface area (TPSA) is 87.2 Å². The molecule has 5 heteroatoms. The molecule has 0 radical (unpaired) electrons. The predicted octanol–water partition coefficient (Wildman–Crippen LogP) is 1.51. The molecule has 1 N–H and O–H groups in total. The Hall–Kier alpha value is -1.93. The molecule has 0 amide bonds. The maximum atomic E-state index is 10.6. The van der Waals surface area contributed by atoms with Gasteiger partial charge in [-0.1, -0.05) is 12.1 Å². The molecule has 1 aromatic carbocycles. The number of non-ortho nitro benzene ring substituents is 1. The van der Waals surface area contributed by atoms with Gasteiger partial charge in [0.2, 0.25) is 0 Å². The van der Waals surface area contributed by atoms with Crippen LogP contribution < -0.4 is 0 Å². The molecule has 1 aliphatic rings.